The fourth-order valence-electron chi connectivity index (χ4n) is 5.09. The lowest BCUT2D eigenvalue weighted by Gasteiger charge is -2.40. The average molecular weight is 504 g/mol. The number of pyridine rings is 1. The zero-order valence-corrected chi connectivity index (χ0v) is 19.5. The van der Waals surface area contributed by atoms with Gasteiger partial charge in [0.25, 0.3) is 5.92 Å². The number of nitrogens with one attached hydrogen (secondary N) is 2. The van der Waals surface area contributed by atoms with Crippen molar-refractivity contribution in [3.05, 3.63) is 81.7 Å². The van der Waals surface area contributed by atoms with Gasteiger partial charge in [-0.1, -0.05) is 6.07 Å². The van der Waals surface area contributed by atoms with E-state index in [4.69, 9.17) is 0 Å². The largest absolute Gasteiger partial charge is 0.329 e. The van der Waals surface area contributed by atoms with Gasteiger partial charge in [0, 0.05) is 50.0 Å². The minimum atomic E-state index is -2.98. The van der Waals surface area contributed by atoms with Crippen LogP contribution < -0.4 is 10.9 Å². The van der Waals surface area contributed by atoms with Crippen molar-refractivity contribution in [2.45, 2.75) is 50.1 Å². The number of piperidine rings is 1. The standard InChI is InChI=1S/C25H25F4N5O2/c1-14(33-9-8-25(28,29)18(12-33)15-2-7-23(35)30-11-15)24(36)32-21-13-34-20(5-6-22(34)31-21)17-10-16(26)3-4-19(17)27/h2-4,7,10-11,13-14,18,20H,5-6,8-9,12H2,1H3,(H,30,35)(H,32,36)/t14-,18+,20-/m0/s1. The van der Waals surface area contributed by atoms with Crippen molar-refractivity contribution in [3.63, 3.8) is 0 Å². The van der Waals surface area contributed by atoms with Gasteiger partial charge in [-0.15, -0.1) is 0 Å². The summed E-state index contributed by atoms with van der Waals surface area (Å²) in [5.41, 5.74) is 0.148. The van der Waals surface area contributed by atoms with Gasteiger partial charge in [-0.25, -0.2) is 22.5 Å². The summed E-state index contributed by atoms with van der Waals surface area (Å²) in [7, 11) is 0. The topological polar surface area (TPSA) is 83.0 Å². The summed E-state index contributed by atoms with van der Waals surface area (Å²) in [5, 5.41) is 2.73. The number of aromatic amines is 1. The number of benzene rings is 1. The summed E-state index contributed by atoms with van der Waals surface area (Å²) in [5.74, 6) is -4.69. The van der Waals surface area contributed by atoms with Crippen LogP contribution in [0.2, 0.25) is 0 Å². The van der Waals surface area contributed by atoms with E-state index >= 15 is 0 Å². The summed E-state index contributed by atoms with van der Waals surface area (Å²) in [6.45, 7) is 1.60. The molecule has 4 heterocycles. The van der Waals surface area contributed by atoms with E-state index < -0.39 is 47.9 Å². The molecule has 3 aromatic rings. The third kappa shape index (κ3) is 4.55. The number of likely N-dealkylation sites (tertiary alicyclic amines) is 1. The van der Waals surface area contributed by atoms with E-state index in [1.54, 1.807) is 22.6 Å². The molecule has 0 radical (unpaired) electrons. The van der Waals surface area contributed by atoms with Crippen LogP contribution in [0.15, 0.2) is 47.5 Å². The maximum atomic E-state index is 14.7. The minimum absolute atomic E-state index is 0.0298. The number of nitrogens with zero attached hydrogens (tertiary/aromatic N) is 3. The van der Waals surface area contributed by atoms with E-state index in [0.717, 1.165) is 12.1 Å². The van der Waals surface area contributed by atoms with Gasteiger partial charge in [0.05, 0.1) is 18.0 Å². The molecule has 3 atom stereocenters. The van der Waals surface area contributed by atoms with Gasteiger partial charge < -0.3 is 14.9 Å². The molecule has 2 aliphatic heterocycles. The Bertz CT molecular complexity index is 1330. The number of halogens is 4. The van der Waals surface area contributed by atoms with E-state index in [2.05, 4.69) is 15.3 Å². The summed E-state index contributed by atoms with van der Waals surface area (Å²) in [6.07, 6.45) is 3.55. The van der Waals surface area contributed by atoms with E-state index in [-0.39, 0.29) is 30.0 Å². The Hall–Kier alpha value is -3.47. The van der Waals surface area contributed by atoms with Crippen molar-refractivity contribution in [1.29, 1.82) is 0 Å². The Labute approximate surface area is 204 Å². The van der Waals surface area contributed by atoms with Crippen molar-refractivity contribution in [2.75, 3.05) is 18.4 Å². The number of carbonyl (C=O) groups excluding carboxylic acids is 1. The Kier molecular flexibility index (Phi) is 6.19. The van der Waals surface area contributed by atoms with Crippen LogP contribution in [0.5, 0.6) is 0 Å². The summed E-state index contributed by atoms with van der Waals surface area (Å²) >= 11 is 0. The number of alkyl halides is 2. The highest BCUT2D eigenvalue weighted by molar-refractivity contribution is 5.93. The van der Waals surface area contributed by atoms with E-state index in [0.29, 0.717) is 24.2 Å². The number of hydrogen-bond acceptors (Lipinski definition) is 4. The molecule has 0 saturated carbocycles. The Morgan fingerprint density at radius 1 is 1.25 bits per heavy atom. The zero-order chi connectivity index (χ0) is 25.6. The number of rotatable bonds is 5. The summed E-state index contributed by atoms with van der Waals surface area (Å²) in [6, 6.07) is 4.76. The van der Waals surface area contributed by atoms with Crippen molar-refractivity contribution >= 4 is 11.7 Å². The number of hydrogen-bond donors (Lipinski definition) is 2. The first-order valence-corrected chi connectivity index (χ1v) is 11.8. The quantitative estimate of drug-likeness (QED) is 0.519. The predicted molar refractivity (Wildman–Crippen MR) is 124 cm³/mol. The number of fused-ring (bicyclic) bond motifs is 1. The lowest BCUT2D eigenvalue weighted by atomic mass is 9.87. The highest BCUT2D eigenvalue weighted by Gasteiger charge is 2.46. The molecule has 2 N–H and O–H groups in total. The van der Waals surface area contributed by atoms with E-state index in [9.17, 15) is 27.2 Å². The van der Waals surface area contributed by atoms with Crippen LogP contribution in [0, 0.1) is 11.6 Å². The Morgan fingerprint density at radius 3 is 2.81 bits per heavy atom. The summed E-state index contributed by atoms with van der Waals surface area (Å²) in [4.78, 5) is 32.9. The fraction of sp³-hybridized carbons (Fsp3) is 0.400. The number of anilines is 1. The third-order valence-corrected chi connectivity index (χ3v) is 7.15. The maximum absolute atomic E-state index is 14.7. The Morgan fingerprint density at radius 2 is 2.06 bits per heavy atom. The van der Waals surface area contributed by atoms with Gasteiger partial charge in [0.15, 0.2) is 5.82 Å². The van der Waals surface area contributed by atoms with Gasteiger partial charge in [0.1, 0.15) is 17.5 Å². The predicted octanol–water partition coefficient (Wildman–Crippen LogP) is 3.84. The minimum Gasteiger partial charge on any atom is -0.329 e. The lowest BCUT2D eigenvalue weighted by Crippen LogP contribution is -2.52. The number of H-pyrrole nitrogens is 1. The van der Waals surface area contributed by atoms with Crippen LogP contribution in [0.3, 0.4) is 0 Å². The maximum Gasteiger partial charge on any atom is 0.257 e. The first-order chi connectivity index (χ1) is 17.1. The molecule has 1 saturated heterocycles. The molecular weight excluding hydrogens is 478 g/mol. The fourth-order valence-corrected chi connectivity index (χ4v) is 5.09. The van der Waals surface area contributed by atoms with Crippen molar-refractivity contribution in [3.8, 4) is 0 Å². The molecule has 2 aliphatic rings. The smallest absolute Gasteiger partial charge is 0.257 e. The molecule has 0 spiro atoms. The lowest BCUT2D eigenvalue weighted by molar-refractivity contribution is -0.125. The highest BCUT2D eigenvalue weighted by Crippen LogP contribution is 2.40. The molecule has 0 aliphatic carbocycles. The second-order valence-electron chi connectivity index (χ2n) is 9.38. The molecule has 36 heavy (non-hydrogen) atoms. The van der Waals surface area contributed by atoms with Crippen molar-refractivity contribution in [2.24, 2.45) is 0 Å². The molecule has 5 rings (SSSR count). The van der Waals surface area contributed by atoms with Gasteiger partial charge in [-0.3, -0.25) is 14.5 Å². The number of aryl methyl sites for hydroxylation is 1. The van der Waals surface area contributed by atoms with Gasteiger partial charge in [-0.2, -0.15) is 0 Å². The van der Waals surface area contributed by atoms with Crippen LogP contribution in [-0.2, 0) is 11.2 Å². The number of carbonyl (C=O) groups is 1. The number of imidazole rings is 1. The molecule has 2 aromatic heterocycles. The van der Waals surface area contributed by atoms with Crippen LogP contribution in [0.1, 0.15) is 48.7 Å². The molecule has 0 bridgehead atoms. The summed E-state index contributed by atoms with van der Waals surface area (Å²) < 4.78 is 59.1. The molecule has 190 valence electrons. The molecule has 0 unspecified atom stereocenters. The molecule has 1 amide bonds. The first-order valence-electron chi connectivity index (χ1n) is 11.8. The second kappa shape index (κ2) is 9.20. The monoisotopic (exact) mass is 503 g/mol. The van der Waals surface area contributed by atoms with Crippen LogP contribution in [0.4, 0.5) is 23.4 Å². The average Bonchev–Trinajstić information content (AvgIpc) is 3.41. The van der Waals surface area contributed by atoms with E-state index in [1.165, 1.54) is 24.4 Å². The van der Waals surface area contributed by atoms with E-state index in [1.807, 2.05) is 0 Å². The van der Waals surface area contributed by atoms with Crippen molar-refractivity contribution in [1.82, 2.24) is 19.4 Å². The molecule has 7 nitrogen and oxygen atoms in total. The highest BCUT2D eigenvalue weighted by atomic mass is 19.3. The molecule has 1 fully saturated rings. The SMILES string of the molecule is C[C@@H](C(=O)Nc1cn2c(n1)CC[C@H]2c1cc(F)ccc1F)N1CCC(F)(F)[C@@H](c2ccc(=O)[nH]c2)C1. The van der Waals surface area contributed by atoms with Gasteiger partial charge in [-0.05, 0) is 37.1 Å². The van der Waals surface area contributed by atoms with Crippen LogP contribution in [-0.4, -0.2) is 50.4 Å². The second-order valence-corrected chi connectivity index (χ2v) is 9.38. The van der Waals surface area contributed by atoms with Crippen molar-refractivity contribution < 1.29 is 22.4 Å². The number of aromatic nitrogens is 3. The van der Waals surface area contributed by atoms with Gasteiger partial charge in [0.2, 0.25) is 11.5 Å². The zero-order valence-electron chi connectivity index (χ0n) is 19.5. The Balaban J connectivity index is 1.29. The molecule has 1 aromatic carbocycles. The molecule has 11 heteroatoms. The van der Waals surface area contributed by atoms with Crippen LogP contribution >= 0.6 is 0 Å². The van der Waals surface area contributed by atoms with Gasteiger partial charge >= 0.3 is 0 Å². The van der Waals surface area contributed by atoms with Crippen LogP contribution in [0.25, 0.3) is 0 Å². The normalized spacial score (nSPS) is 22.2. The first kappa shape index (κ1) is 24.2. The number of amides is 1. The third-order valence-electron chi connectivity index (χ3n) is 7.15. The molecular formula is C25H25F4N5O2.